The number of benzene rings is 1. The number of carbonyl (C=O) groups excluding carboxylic acids is 2. The van der Waals surface area contributed by atoms with E-state index < -0.39 is 17.4 Å². The third-order valence-electron chi connectivity index (χ3n) is 3.35. The smallest absolute Gasteiger partial charge is 0.329 e. The minimum Gasteiger partial charge on any atom is -0.466 e. The molecule has 5 nitrogen and oxygen atoms in total. The highest BCUT2D eigenvalue weighted by atomic mass is 16.5. The van der Waals surface area contributed by atoms with Crippen molar-refractivity contribution in [2.45, 2.75) is 33.4 Å². The van der Waals surface area contributed by atoms with Crippen molar-refractivity contribution >= 4 is 11.9 Å². The first kappa shape index (κ1) is 16.8. The number of rotatable bonds is 5. The van der Waals surface area contributed by atoms with Gasteiger partial charge in [-0.15, -0.1) is 0 Å². The van der Waals surface area contributed by atoms with Crippen molar-refractivity contribution < 1.29 is 18.7 Å². The van der Waals surface area contributed by atoms with Gasteiger partial charge in [0, 0.05) is 5.56 Å². The Balaban J connectivity index is 2.04. The predicted molar refractivity (Wildman–Crippen MR) is 85.7 cm³/mol. The maximum atomic E-state index is 12.4. The summed E-state index contributed by atoms with van der Waals surface area (Å²) >= 11 is 0. The maximum absolute atomic E-state index is 12.4. The van der Waals surface area contributed by atoms with E-state index in [1.807, 2.05) is 26.8 Å². The second-order valence-corrected chi connectivity index (χ2v) is 6.33. The first-order valence-electron chi connectivity index (χ1n) is 7.43. The highest BCUT2D eigenvalue weighted by molar-refractivity contribution is 5.96. The van der Waals surface area contributed by atoms with Gasteiger partial charge >= 0.3 is 5.97 Å². The molecule has 1 heterocycles. The standard InChI is InChI=1S/C18H21NO4/c1-18(2,3)15(17(21)23-12-14-10-7-11-22-14)19-16(20)13-8-5-4-6-9-13/h4-11,15H,12H2,1-3H3,(H,19,20)/t15-/m1/s1. The van der Waals surface area contributed by atoms with Gasteiger partial charge < -0.3 is 14.5 Å². The zero-order valence-electron chi connectivity index (χ0n) is 13.5. The molecule has 1 amide bonds. The van der Waals surface area contributed by atoms with E-state index >= 15 is 0 Å². The Hall–Kier alpha value is -2.56. The Morgan fingerprint density at radius 2 is 1.83 bits per heavy atom. The minimum atomic E-state index is -0.759. The van der Waals surface area contributed by atoms with E-state index in [1.54, 1.807) is 36.4 Å². The zero-order chi connectivity index (χ0) is 16.9. The van der Waals surface area contributed by atoms with Crippen LogP contribution < -0.4 is 5.32 Å². The molecule has 2 aromatic rings. The van der Waals surface area contributed by atoms with Crippen molar-refractivity contribution in [2.75, 3.05) is 0 Å². The van der Waals surface area contributed by atoms with Gasteiger partial charge in [0.2, 0.25) is 0 Å². The van der Waals surface area contributed by atoms with Gasteiger partial charge in [0.05, 0.1) is 6.26 Å². The molecular formula is C18H21NO4. The molecule has 0 radical (unpaired) electrons. The molecule has 0 aliphatic heterocycles. The number of hydrogen-bond donors (Lipinski definition) is 1. The molecule has 1 atom stereocenters. The molecule has 0 unspecified atom stereocenters. The van der Waals surface area contributed by atoms with Gasteiger partial charge in [-0.1, -0.05) is 39.0 Å². The fraction of sp³-hybridized carbons (Fsp3) is 0.333. The molecule has 0 bridgehead atoms. The van der Waals surface area contributed by atoms with Crippen LogP contribution in [0.3, 0.4) is 0 Å². The topological polar surface area (TPSA) is 68.5 Å². The van der Waals surface area contributed by atoms with Crippen LogP contribution in [0.15, 0.2) is 53.1 Å². The lowest BCUT2D eigenvalue weighted by molar-refractivity contribution is -0.150. The summed E-state index contributed by atoms with van der Waals surface area (Å²) in [5.41, 5.74) is 0.0191. The third kappa shape index (κ3) is 4.71. The Morgan fingerprint density at radius 1 is 1.13 bits per heavy atom. The summed E-state index contributed by atoms with van der Waals surface area (Å²) in [5, 5.41) is 2.76. The molecular weight excluding hydrogens is 294 g/mol. The van der Waals surface area contributed by atoms with Crippen LogP contribution in [-0.2, 0) is 16.1 Å². The first-order chi connectivity index (χ1) is 10.9. The lowest BCUT2D eigenvalue weighted by Gasteiger charge is -2.29. The molecule has 0 saturated heterocycles. The molecule has 0 aliphatic carbocycles. The van der Waals surface area contributed by atoms with Crippen molar-refractivity contribution in [1.82, 2.24) is 5.32 Å². The van der Waals surface area contributed by atoms with Crippen LogP contribution in [0.1, 0.15) is 36.9 Å². The van der Waals surface area contributed by atoms with Gasteiger partial charge in [-0.3, -0.25) is 4.79 Å². The van der Waals surface area contributed by atoms with E-state index in [9.17, 15) is 9.59 Å². The van der Waals surface area contributed by atoms with Crippen molar-refractivity contribution in [1.29, 1.82) is 0 Å². The second kappa shape index (κ2) is 7.13. The van der Waals surface area contributed by atoms with Gasteiger partial charge in [-0.25, -0.2) is 4.79 Å². The van der Waals surface area contributed by atoms with Crippen molar-refractivity contribution in [2.24, 2.45) is 5.41 Å². The fourth-order valence-corrected chi connectivity index (χ4v) is 2.05. The summed E-state index contributed by atoms with van der Waals surface area (Å²) in [6, 6.07) is 11.5. The highest BCUT2D eigenvalue weighted by Crippen LogP contribution is 2.21. The molecule has 0 aliphatic rings. The summed E-state index contributed by atoms with van der Waals surface area (Å²) in [7, 11) is 0. The van der Waals surface area contributed by atoms with Crippen molar-refractivity contribution in [3.63, 3.8) is 0 Å². The van der Waals surface area contributed by atoms with Crippen LogP contribution in [0, 0.1) is 5.41 Å². The molecule has 1 N–H and O–H groups in total. The SMILES string of the molecule is CC(C)(C)[C@H](NC(=O)c1ccccc1)C(=O)OCc1ccco1. The van der Waals surface area contributed by atoms with E-state index in [4.69, 9.17) is 9.15 Å². The van der Waals surface area contributed by atoms with Gasteiger partial charge in [0.1, 0.15) is 18.4 Å². The quantitative estimate of drug-likeness (QED) is 0.861. The zero-order valence-corrected chi connectivity index (χ0v) is 13.5. The molecule has 0 spiro atoms. The van der Waals surface area contributed by atoms with Gasteiger partial charge in [0.15, 0.2) is 0 Å². The number of hydrogen-bond acceptors (Lipinski definition) is 4. The molecule has 122 valence electrons. The normalized spacial score (nSPS) is 12.5. The molecule has 23 heavy (non-hydrogen) atoms. The number of furan rings is 1. The van der Waals surface area contributed by atoms with Crippen molar-refractivity contribution in [3.05, 3.63) is 60.1 Å². The minimum absolute atomic E-state index is 0.0413. The Labute approximate surface area is 135 Å². The summed E-state index contributed by atoms with van der Waals surface area (Å²) < 4.78 is 10.4. The average molecular weight is 315 g/mol. The van der Waals surface area contributed by atoms with Crippen LogP contribution in [0.5, 0.6) is 0 Å². The van der Waals surface area contributed by atoms with Crippen LogP contribution >= 0.6 is 0 Å². The molecule has 0 fully saturated rings. The van der Waals surface area contributed by atoms with Crippen LogP contribution in [0.4, 0.5) is 0 Å². The Bertz CT molecular complexity index is 641. The fourth-order valence-electron chi connectivity index (χ4n) is 2.05. The lowest BCUT2D eigenvalue weighted by atomic mass is 9.86. The second-order valence-electron chi connectivity index (χ2n) is 6.33. The van der Waals surface area contributed by atoms with E-state index in [0.717, 1.165) is 0 Å². The van der Waals surface area contributed by atoms with E-state index in [0.29, 0.717) is 11.3 Å². The van der Waals surface area contributed by atoms with Crippen LogP contribution in [0.2, 0.25) is 0 Å². The average Bonchev–Trinajstić information content (AvgIpc) is 3.03. The van der Waals surface area contributed by atoms with E-state index in [1.165, 1.54) is 6.26 Å². The lowest BCUT2D eigenvalue weighted by Crippen LogP contribution is -2.49. The Kier molecular flexibility index (Phi) is 5.21. The van der Waals surface area contributed by atoms with E-state index in [-0.39, 0.29) is 12.5 Å². The summed E-state index contributed by atoms with van der Waals surface area (Å²) in [5.74, 6) is -0.237. The maximum Gasteiger partial charge on any atom is 0.329 e. The third-order valence-corrected chi connectivity index (χ3v) is 3.35. The summed E-state index contributed by atoms with van der Waals surface area (Å²) in [6.07, 6.45) is 1.52. The molecule has 1 aromatic heterocycles. The highest BCUT2D eigenvalue weighted by Gasteiger charge is 2.34. The number of amides is 1. The largest absolute Gasteiger partial charge is 0.466 e. The monoisotopic (exact) mass is 315 g/mol. The van der Waals surface area contributed by atoms with Gasteiger partial charge in [-0.2, -0.15) is 0 Å². The molecule has 0 saturated carbocycles. The van der Waals surface area contributed by atoms with E-state index in [2.05, 4.69) is 5.32 Å². The number of carbonyl (C=O) groups is 2. The Morgan fingerprint density at radius 3 is 2.39 bits per heavy atom. The number of ether oxygens (including phenoxy) is 1. The van der Waals surface area contributed by atoms with Crippen LogP contribution in [0.25, 0.3) is 0 Å². The molecule has 2 rings (SSSR count). The van der Waals surface area contributed by atoms with Gasteiger partial charge in [0.25, 0.3) is 5.91 Å². The summed E-state index contributed by atoms with van der Waals surface area (Å²) in [4.78, 5) is 24.7. The van der Waals surface area contributed by atoms with Gasteiger partial charge in [-0.05, 0) is 29.7 Å². The molecule has 1 aromatic carbocycles. The first-order valence-corrected chi connectivity index (χ1v) is 7.43. The van der Waals surface area contributed by atoms with Crippen molar-refractivity contribution in [3.8, 4) is 0 Å². The summed E-state index contributed by atoms with van der Waals surface area (Å²) in [6.45, 7) is 5.66. The number of nitrogens with one attached hydrogen (secondary N) is 1. The van der Waals surface area contributed by atoms with Crippen LogP contribution in [-0.4, -0.2) is 17.9 Å². The predicted octanol–water partition coefficient (Wildman–Crippen LogP) is 3.17. The number of esters is 1. The molecule has 5 heteroatoms.